The lowest BCUT2D eigenvalue weighted by atomic mass is 10.2. The Morgan fingerprint density at radius 2 is 2.05 bits per heavy atom. The largest absolute Gasteiger partial charge is 0.261 e. The molecule has 0 aliphatic carbocycles. The minimum absolute atomic E-state index is 0.0446. The molecule has 0 saturated carbocycles. The van der Waals surface area contributed by atoms with Crippen LogP contribution in [0, 0.1) is 12.7 Å². The van der Waals surface area contributed by atoms with Gasteiger partial charge in [-0.05, 0) is 24.6 Å². The molecule has 1 aromatic carbocycles. The van der Waals surface area contributed by atoms with Crippen molar-refractivity contribution < 1.29 is 12.8 Å². The maximum Gasteiger partial charge on any atom is 0.244 e. The molecule has 0 bridgehead atoms. The summed E-state index contributed by atoms with van der Waals surface area (Å²) >= 11 is 5.86. The molecule has 1 heterocycles. The number of hydrogen-bond acceptors (Lipinski definition) is 4. The van der Waals surface area contributed by atoms with Gasteiger partial charge in [-0.2, -0.15) is 4.31 Å². The molecule has 0 aliphatic rings. The zero-order valence-electron chi connectivity index (χ0n) is 11.4. The van der Waals surface area contributed by atoms with Crippen molar-refractivity contribution in [3.63, 3.8) is 0 Å². The Hall–Kier alpha value is -1.57. The molecule has 2 rings (SSSR count). The second-order valence-electron chi connectivity index (χ2n) is 4.49. The first-order valence-electron chi connectivity index (χ1n) is 5.99. The first-order valence-corrected chi connectivity index (χ1v) is 7.81. The van der Waals surface area contributed by atoms with E-state index in [2.05, 4.69) is 9.97 Å². The third-order valence-corrected chi connectivity index (χ3v) is 5.17. The molecule has 112 valence electrons. The van der Waals surface area contributed by atoms with E-state index in [1.807, 2.05) is 0 Å². The van der Waals surface area contributed by atoms with Gasteiger partial charge in [-0.3, -0.25) is 9.97 Å². The van der Waals surface area contributed by atoms with E-state index in [0.717, 1.165) is 10.4 Å². The van der Waals surface area contributed by atoms with Gasteiger partial charge in [0.15, 0.2) is 0 Å². The Morgan fingerprint density at radius 1 is 1.33 bits per heavy atom. The van der Waals surface area contributed by atoms with Crippen LogP contribution in [0.15, 0.2) is 35.6 Å². The first-order chi connectivity index (χ1) is 9.82. The maximum absolute atomic E-state index is 13.4. The fraction of sp³-hybridized carbons (Fsp3) is 0.231. The van der Waals surface area contributed by atoms with E-state index < -0.39 is 15.8 Å². The summed E-state index contributed by atoms with van der Waals surface area (Å²) in [7, 11) is -2.44. The van der Waals surface area contributed by atoms with Crippen molar-refractivity contribution in [2.45, 2.75) is 18.4 Å². The predicted molar refractivity (Wildman–Crippen MR) is 76.8 cm³/mol. The van der Waals surface area contributed by atoms with Crippen molar-refractivity contribution in [2.24, 2.45) is 0 Å². The number of aromatic nitrogens is 2. The van der Waals surface area contributed by atoms with Crippen molar-refractivity contribution in [1.82, 2.24) is 14.3 Å². The highest BCUT2D eigenvalue weighted by atomic mass is 35.5. The lowest BCUT2D eigenvalue weighted by Gasteiger charge is -2.18. The average Bonchev–Trinajstić information content (AvgIpc) is 2.43. The van der Waals surface area contributed by atoms with E-state index in [-0.39, 0.29) is 22.0 Å². The van der Waals surface area contributed by atoms with E-state index in [0.29, 0.717) is 5.69 Å². The number of nitrogens with zero attached hydrogens (tertiary/aromatic N) is 3. The Kier molecular flexibility index (Phi) is 4.55. The summed E-state index contributed by atoms with van der Waals surface area (Å²) in [5.74, 6) is -0.546. The third-order valence-electron chi connectivity index (χ3n) is 2.90. The zero-order valence-corrected chi connectivity index (χ0v) is 13.0. The number of rotatable bonds is 4. The predicted octanol–water partition coefficient (Wildman–Crippen LogP) is 2.40. The van der Waals surface area contributed by atoms with Crippen LogP contribution in [0.1, 0.15) is 11.3 Å². The number of benzene rings is 1. The topological polar surface area (TPSA) is 63.2 Å². The number of aryl methyl sites for hydroxylation is 1. The first kappa shape index (κ1) is 15.8. The maximum atomic E-state index is 13.4. The van der Waals surface area contributed by atoms with Gasteiger partial charge in [-0.15, -0.1) is 0 Å². The molecule has 2 aromatic rings. The molecule has 0 amide bonds. The summed E-state index contributed by atoms with van der Waals surface area (Å²) < 4.78 is 39.5. The van der Waals surface area contributed by atoms with Crippen molar-refractivity contribution >= 4 is 21.6 Å². The second-order valence-corrected chi connectivity index (χ2v) is 6.91. The fourth-order valence-electron chi connectivity index (χ4n) is 1.72. The van der Waals surface area contributed by atoms with Crippen LogP contribution in [-0.2, 0) is 16.6 Å². The lowest BCUT2D eigenvalue weighted by molar-refractivity contribution is 0.461. The third kappa shape index (κ3) is 3.37. The summed E-state index contributed by atoms with van der Waals surface area (Å²) in [5.41, 5.74) is 0.712. The second kappa shape index (κ2) is 6.05. The Balaban J connectivity index is 2.36. The molecule has 0 aliphatic heterocycles. The van der Waals surface area contributed by atoms with Gasteiger partial charge in [0, 0.05) is 25.6 Å². The van der Waals surface area contributed by atoms with Gasteiger partial charge in [0.2, 0.25) is 10.0 Å². The monoisotopic (exact) mass is 329 g/mol. The Morgan fingerprint density at radius 3 is 2.67 bits per heavy atom. The quantitative estimate of drug-likeness (QED) is 0.864. The van der Waals surface area contributed by atoms with Gasteiger partial charge >= 0.3 is 0 Å². The van der Waals surface area contributed by atoms with E-state index in [1.54, 1.807) is 0 Å². The molecule has 0 spiro atoms. The zero-order chi connectivity index (χ0) is 15.6. The molecule has 5 nitrogen and oxygen atoms in total. The van der Waals surface area contributed by atoms with Gasteiger partial charge in [-0.1, -0.05) is 11.6 Å². The normalized spacial score (nSPS) is 11.9. The fourth-order valence-corrected chi connectivity index (χ4v) is 3.43. The highest BCUT2D eigenvalue weighted by Gasteiger charge is 2.25. The standard InChI is InChI=1S/C13H13ClFN3O2S/c1-9-5-13(11(14)6-12(9)15)21(19,20)18(2)8-10-7-16-3-4-17-10/h3-7H,8H2,1-2H3. The summed E-state index contributed by atoms with van der Waals surface area (Å²) in [5, 5.41) is -0.149. The van der Waals surface area contributed by atoms with Crippen LogP contribution in [0.5, 0.6) is 0 Å². The van der Waals surface area contributed by atoms with E-state index in [4.69, 9.17) is 11.6 Å². The smallest absolute Gasteiger partial charge is 0.244 e. The molecular formula is C13H13ClFN3O2S. The van der Waals surface area contributed by atoms with Crippen LogP contribution in [0.4, 0.5) is 4.39 Å². The molecule has 8 heteroatoms. The van der Waals surface area contributed by atoms with Crippen LogP contribution in [0.2, 0.25) is 5.02 Å². The highest BCUT2D eigenvalue weighted by Crippen LogP contribution is 2.27. The Labute approximate surface area is 127 Å². The van der Waals surface area contributed by atoms with Crippen LogP contribution < -0.4 is 0 Å². The summed E-state index contributed by atoms with van der Waals surface area (Å²) in [6.07, 6.45) is 4.45. The van der Waals surface area contributed by atoms with Gasteiger partial charge in [0.1, 0.15) is 10.7 Å². The van der Waals surface area contributed by atoms with Crippen LogP contribution in [0.25, 0.3) is 0 Å². The van der Waals surface area contributed by atoms with E-state index >= 15 is 0 Å². The van der Waals surface area contributed by atoms with Crippen molar-refractivity contribution in [3.05, 3.63) is 52.8 Å². The van der Waals surface area contributed by atoms with Crippen LogP contribution in [-0.4, -0.2) is 29.7 Å². The van der Waals surface area contributed by atoms with E-state index in [1.165, 1.54) is 38.6 Å². The Bertz CT molecular complexity index is 754. The number of hydrogen-bond donors (Lipinski definition) is 0. The highest BCUT2D eigenvalue weighted by molar-refractivity contribution is 7.89. The number of halogens is 2. The molecule has 0 fully saturated rings. The van der Waals surface area contributed by atoms with Crippen molar-refractivity contribution in [2.75, 3.05) is 7.05 Å². The van der Waals surface area contributed by atoms with E-state index in [9.17, 15) is 12.8 Å². The minimum Gasteiger partial charge on any atom is -0.261 e. The minimum atomic E-state index is -3.84. The summed E-state index contributed by atoms with van der Waals surface area (Å²) in [6, 6.07) is 2.22. The van der Waals surface area contributed by atoms with Crippen LogP contribution in [0.3, 0.4) is 0 Å². The molecule has 0 radical (unpaired) electrons. The molecule has 21 heavy (non-hydrogen) atoms. The van der Waals surface area contributed by atoms with Crippen LogP contribution >= 0.6 is 11.6 Å². The molecular weight excluding hydrogens is 317 g/mol. The summed E-state index contributed by atoms with van der Waals surface area (Å²) in [4.78, 5) is 7.76. The molecule has 0 N–H and O–H groups in total. The SMILES string of the molecule is Cc1cc(S(=O)(=O)N(C)Cc2cnccn2)c(Cl)cc1F. The number of sulfonamides is 1. The van der Waals surface area contributed by atoms with Gasteiger partial charge < -0.3 is 0 Å². The molecule has 0 unspecified atom stereocenters. The van der Waals surface area contributed by atoms with Gasteiger partial charge in [-0.25, -0.2) is 12.8 Å². The molecule has 0 atom stereocenters. The summed E-state index contributed by atoms with van der Waals surface area (Å²) in [6.45, 7) is 1.52. The average molecular weight is 330 g/mol. The van der Waals surface area contributed by atoms with Gasteiger partial charge in [0.25, 0.3) is 0 Å². The van der Waals surface area contributed by atoms with Crippen molar-refractivity contribution in [1.29, 1.82) is 0 Å². The van der Waals surface area contributed by atoms with Crippen molar-refractivity contribution in [3.8, 4) is 0 Å². The molecule has 0 saturated heterocycles. The van der Waals surface area contributed by atoms with Gasteiger partial charge in [0.05, 0.1) is 17.3 Å². The molecule has 1 aromatic heterocycles. The lowest BCUT2D eigenvalue weighted by Crippen LogP contribution is -2.27.